The van der Waals surface area contributed by atoms with Gasteiger partial charge < -0.3 is 5.11 Å². The molecule has 2 rings (SSSR count). The molecule has 1 aromatic rings. The Kier molecular flexibility index (Phi) is 3.12. The third-order valence-corrected chi connectivity index (χ3v) is 3.69. The van der Waals surface area contributed by atoms with Gasteiger partial charge in [0.1, 0.15) is 0 Å². The van der Waals surface area contributed by atoms with Crippen molar-refractivity contribution in [2.24, 2.45) is 5.92 Å². The van der Waals surface area contributed by atoms with Crippen molar-refractivity contribution in [3.8, 4) is 0 Å². The molecule has 15 heavy (non-hydrogen) atoms. The molecular formula is C12H16BrNO. The molecule has 1 heterocycles. The highest BCUT2D eigenvalue weighted by Crippen LogP contribution is 2.43. The van der Waals surface area contributed by atoms with E-state index in [0.29, 0.717) is 12.3 Å². The van der Waals surface area contributed by atoms with Gasteiger partial charge in [-0.25, -0.2) is 0 Å². The summed E-state index contributed by atoms with van der Waals surface area (Å²) in [5.74, 6) is 0.493. The highest BCUT2D eigenvalue weighted by molar-refractivity contribution is 9.10. The van der Waals surface area contributed by atoms with Crippen LogP contribution in [0.5, 0.6) is 0 Å². The van der Waals surface area contributed by atoms with E-state index in [1.165, 1.54) is 12.8 Å². The van der Waals surface area contributed by atoms with Crippen LogP contribution in [0.3, 0.4) is 0 Å². The van der Waals surface area contributed by atoms with Gasteiger partial charge in [0.25, 0.3) is 0 Å². The summed E-state index contributed by atoms with van der Waals surface area (Å²) in [5, 5.41) is 10.4. The molecule has 1 unspecified atom stereocenters. The number of pyridine rings is 1. The maximum Gasteiger partial charge on any atom is 0.0728 e. The SMILES string of the molecule is CCC(O)(Cc1ccc(Br)cn1)C1CC1. The van der Waals surface area contributed by atoms with E-state index in [2.05, 4.69) is 27.8 Å². The normalized spacial score (nSPS) is 19.9. The minimum Gasteiger partial charge on any atom is -0.389 e. The Labute approximate surface area is 98.9 Å². The third kappa shape index (κ3) is 2.58. The molecule has 0 aliphatic heterocycles. The van der Waals surface area contributed by atoms with E-state index in [0.717, 1.165) is 16.6 Å². The topological polar surface area (TPSA) is 33.1 Å². The zero-order chi connectivity index (χ0) is 10.9. The lowest BCUT2D eigenvalue weighted by molar-refractivity contribution is 0.0130. The van der Waals surface area contributed by atoms with Crippen LogP contribution in [-0.4, -0.2) is 15.7 Å². The lowest BCUT2D eigenvalue weighted by Crippen LogP contribution is -2.33. The first-order valence-corrected chi connectivity index (χ1v) is 6.26. The molecule has 0 spiro atoms. The number of nitrogens with zero attached hydrogens (tertiary/aromatic N) is 1. The first-order valence-electron chi connectivity index (χ1n) is 5.47. The van der Waals surface area contributed by atoms with Crippen LogP contribution in [0.2, 0.25) is 0 Å². The van der Waals surface area contributed by atoms with E-state index in [1.54, 1.807) is 6.20 Å². The van der Waals surface area contributed by atoms with Crippen molar-refractivity contribution in [2.45, 2.75) is 38.2 Å². The molecule has 3 heteroatoms. The predicted octanol–water partition coefficient (Wildman–Crippen LogP) is 2.94. The Morgan fingerprint density at radius 2 is 2.27 bits per heavy atom. The Morgan fingerprint density at radius 3 is 2.73 bits per heavy atom. The lowest BCUT2D eigenvalue weighted by Gasteiger charge is -2.26. The summed E-state index contributed by atoms with van der Waals surface area (Å²) in [6.07, 6.45) is 5.62. The predicted molar refractivity (Wildman–Crippen MR) is 63.6 cm³/mol. The van der Waals surface area contributed by atoms with Gasteiger partial charge in [-0.15, -0.1) is 0 Å². The average molecular weight is 270 g/mol. The molecule has 1 aliphatic rings. The highest BCUT2D eigenvalue weighted by atomic mass is 79.9. The zero-order valence-corrected chi connectivity index (χ0v) is 10.5. The van der Waals surface area contributed by atoms with Gasteiger partial charge in [0, 0.05) is 22.8 Å². The molecule has 2 nitrogen and oxygen atoms in total. The fourth-order valence-corrected chi connectivity index (χ4v) is 2.24. The van der Waals surface area contributed by atoms with Crippen LogP contribution < -0.4 is 0 Å². The van der Waals surface area contributed by atoms with Crippen molar-refractivity contribution < 1.29 is 5.11 Å². The van der Waals surface area contributed by atoms with E-state index in [4.69, 9.17) is 0 Å². The van der Waals surface area contributed by atoms with Gasteiger partial charge in [0.15, 0.2) is 0 Å². The van der Waals surface area contributed by atoms with E-state index in [9.17, 15) is 5.11 Å². The van der Waals surface area contributed by atoms with Gasteiger partial charge in [-0.1, -0.05) is 6.92 Å². The molecule has 1 fully saturated rings. The number of aliphatic hydroxyl groups is 1. The van der Waals surface area contributed by atoms with Crippen LogP contribution in [0.25, 0.3) is 0 Å². The molecule has 0 bridgehead atoms. The average Bonchev–Trinajstić information content (AvgIpc) is 3.05. The van der Waals surface area contributed by atoms with Crippen molar-refractivity contribution in [1.29, 1.82) is 0 Å². The molecule has 0 radical (unpaired) electrons. The molecule has 0 amide bonds. The van der Waals surface area contributed by atoms with Crippen LogP contribution in [0.15, 0.2) is 22.8 Å². The number of aromatic nitrogens is 1. The molecule has 1 aromatic heterocycles. The van der Waals surface area contributed by atoms with Gasteiger partial charge >= 0.3 is 0 Å². The second kappa shape index (κ2) is 4.22. The minimum atomic E-state index is -0.527. The van der Waals surface area contributed by atoms with Crippen LogP contribution >= 0.6 is 15.9 Å². The highest BCUT2D eigenvalue weighted by Gasteiger charge is 2.42. The molecule has 0 saturated heterocycles. The van der Waals surface area contributed by atoms with Gasteiger partial charge in [-0.05, 0) is 53.2 Å². The van der Waals surface area contributed by atoms with Crippen molar-refractivity contribution in [3.63, 3.8) is 0 Å². The molecule has 1 saturated carbocycles. The Morgan fingerprint density at radius 1 is 1.53 bits per heavy atom. The quantitative estimate of drug-likeness (QED) is 0.912. The van der Waals surface area contributed by atoms with E-state index in [-0.39, 0.29) is 0 Å². The molecular weight excluding hydrogens is 254 g/mol. The number of hydrogen-bond acceptors (Lipinski definition) is 2. The Hall–Kier alpha value is -0.410. The fourth-order valence-electron chi connectivity index (χ4n) is 2.00. The van der Waals surface area contributed by atoms with Crippen molar-refractivity contribution >= 4 is 15.9 Å². The van der Waals surface area contributed by atoms with E-state index < -0.39 is 5.60 Å². The lowest BCUT2D eigenvalue weighted by atomic mass is 9.89. The largest absolute Gasteiger partial charge is 0.389 e. The van der Waals surface area contributed by atoms with Crippen LogP contribution in [0, 0.1) is 5.92 Å². The zero-order valence-electron chi connectivity index (χ0n) is 8.91. The Bertz CT molecular complexity index is 334. The monoisotopic (exact) mass is 269 g/mol. The summed E-state index contributed by atoms with van der Waals surface area (Å²) in [5.41, 5.74) is 0.454. The summed E-state index contributed by atoms with van der Waals surface area (Å²) in [6, 6.07) is 3.96. The smallest absolute Gasteiger partial charge is 0.0728 e. The molecule has 0 aromatic carbocycles. The van der Waals surface area contributed by atoms with E-state index in [1.807, 2.05) is 12.1 Å². The van der Waals surface area contributed by atoms with Crippen LogP contribution in [0.4, 0.5) is 0 Å². The maximum atomic E-state index is 10.4. The Balaban J connectivity index is 2.09. The van der Waals surface area contributed by atoms with E-state index >= 15 is 0 Å². The van der Waals surface area contributed by atoms with Crippen LogP contribution in [-0.2, 0) is 6.42 Å². The first kappa shape index (κ1) is 11.1. The second-order valence-electron chi connectivity index (χ2n) is 4.38. The minimum absolute atomic E-state index is 0.493. The standard InChI is InChI=1S/C12H16BrNO/c1-2-12(15,9-3-4-9)7-11-6-5-10(13)8-14-11/h5-6,8-9,15H,2-4,7H2,1H3. The fraction of sp³-hybridized carbons (Fsp3) is 0.583. The summed E-state index contributed by atoms with van der Waals surface area (Å²) in [6.45, 7) is 2.05. The van der Waals surface area contributed by atoms with Gasteiger partial charge in [-0.3, -0.25) is 4.98 Å². The van der Waals surface area contributed by atoms with Gasteiger partial charge in [-0.2, -0.15) is 0 Å². The van der Waals surface area contributed by atoms with Gasteiger partial charge in [0.2, 0.25) is 0 Å². The molecule has 1 N–H and O–H groups in total. The summed E-state index contributed by atoms with van der Waals surface area (Å²) in [7, 11) is 0. The summed E-state index contributed by atoms with van der Waals surface area (Å²) < 4.78 is 0.984. The van der Waals surface area contributed by atoms with Crippen molar-refractivity contribution in [1.82, 2.24) is 4.98 Å². The van der Waals surface area contributed by atoms with Crippen molar-refractivity contribution in [3.05, 3.63) is 28.5 Å². The second-order valence-corrected chi connectivity index (χ2v) is 5.29. The third-order valence-electron chi connectivity index (χ3n) is 3.23. The number of rotatable bonds is 4. The summed E-state index contributed by atoms with van der Waals surface area (Å²) in [4.78, 5) is 4.31. The summed E-state index contributed by atoms with van der Waals surface area (Å²) >= 11 is 3.36. The number of halogens is 1. The molecule has 1 atom stereocenters. The van der Waals surface area contributed by atoms with Gasteiger partial charge in [0.05, 0.1) is 5.60 Å². The van der Waals surface area contributed by atoms with Crippen molar-refractivity contribution in [2.75, 3.05) is 0 Å². The molecule has 82 valence electrons. The number of hydrogen-bond donors (Lipinski definition) is 1. The van der Waals surface area contributed by atoms with Crippen LogP contribution in [0.1, 0.15) is 31.9 Å². The maximum absolute atomic E-state index is 10.4. The molecule has 1 aliphatic carbocycles. The first-order chi connectivity index (χ1) is 7.14.